The number of allylic oxidation sites excluding steroid dienone is 2. The quantitative estimate of drug-likeness (QED) is 0.502. The second kappa shape index (κ2) is 6.94. The van der Waals surface area contributed by atoms with E-state index >= 15 is 0 Å². The van der Waals surface area contributed by atoms with Crippen molar-refractivity contribution in [1.82, 2.24) is 10.4 Å². The van der Waals surface area contributed by atoms with E-state index in [2.05, 4.69) is 10.3 Å². The summed E-state index contributed by atoms with van der Waals surface area (Å²) in [6.45, 7) is 1.63. The number of aliphatic hydroxyl groups excluding tert-OH is 1. The zero-order valence-corrected chi connectivity index (χ0v) is 16.1. The molecule has 1 aliphatic carbocycles. The van der Waals surface area contributed by atoms with Gasteiger partial charge in [-0.15, -0.1) is 11.8 Å². The fourth-order valence-corrected chi connectivity index (χ4v) is 5.47. The van der Waals surface area contributed by atoms with Crippen molar-refractivity contribution in [1.29, 1.82) is 0 Å². The van der Waals surface area contributed by atoms with E-state index in [1.165, 1.54) is 11.8 Å². The zero-order chi connectivity index (χ0) is 20.2. The molecule has 0 bridgehead atoms. The number of ketones is 1. The number of rotatable bonds is 3. The summed E-state index contributed by atoms with van der Waals surface area (Å²) in [5, 5.41) is 14.0. The third kappa shape index (κ3) is 3.17. The van der Waals surface area contributed by atoms with E-state index in [1.807, 2.05) is 0 Å². The summed E-state index contributed by atoms with van der Waals surface area (Å²) in [7, 11) is 0. The summed E-state index contributed by atoms with van der Waals surface area (Å²) in [5.41, 5.74) is -0.922. The average Bonchev–Trinajstić information content (AvgIpc) is 3.34. The molecule has 0 saturated carbocycles. The predicted molar refractivity (Wildman–Crippen MR) is 97.1 cm³/mol. The van der Waals surface area contributed by atoms with Gasteiger partial charge in [0.15, 0.2) is 12.0 Å². The number of aliphatic hydroxyl groups is 1. The SMILES string of the molecule is CC1(C(O)ON2C(=O)CCC2=O)CSC(=C2N=C3C=C(F)C(=O)C(F)C3S2)N1. The first-order chi connectivity index (χ1) is 13.2. The van der Waals surface area contributed by atoms with Crippen molar-refractivity contribution in [3.05, 3.63) is 22.0 Å². The average molecular weight is 431 g/mol. The minimum atomic E-state index is -2.01. The van der Waals surface area contributed by atoms with E-state index < -0.39 is 46.7 Å². The van der Waals surface area contributed by atoms with Gasteiger partial charge in [-0.25, -0.2) is 18.6 Å². The Morgan fingerprint density at radius 1 is 1.39 bits per heavy atom. The molecule has 4 aliphatic rings. The number of hydroxylamine groups is 2. The maximum absolute atomic E-state index is 14.1. The number of nitrogens with one attached hydrogen (secondary N) is 1. The van der Waals surface area contributed by atoms with Crippen molar-refractivity contribution in [2.24, 2.45) is 4.99 Å². The Hall–Kier alpha value is -1.76. The monoisotopic (exact) mass is 431 g/mol. The van der Waals surface area contributed by atoms with E-state index in [-0.39, 0.29) is 18.6 Å². The Balaban J connectivity index is 1.50. The molecule has 0 spiro atoms. The molecular weight excluding hydrogens is 416 g/mol. The molecule has 0 aromatic rings. The number of alkyl halides is 1. The van der Waals surface area contributed by atoms with E-state index in [9.17, 15) is 28.3 Å². The van der Waals surface area contributed by atoms with Gasteiger partial charge < -0.3 is 10.4 Å². The second-order valence-electron chi connectivity index (χ2n) is 6.84. The molecule has 4 rings (SSSR count). The molecule has 150 valence electrons. The summed E-state index contributed by atoms with van der Waals surface area (Å²) in [5.74, 6) is -3.09. The molecule has 2 amide bonds. The number of Topliss-reactive ketones (excluding diaryl/α,β-unsaturated/α-hetero) is 1. The Morgan fingerprint density at radius 3 is 2.75 bits per heavy atom. The van der Waals surface area contributed by atoms with Crippen LogP contribution in [0.3, 0.4) is 0 Å². The minimum Gasteiger partial charge on any atom is -0.367 e. The van der Waals surface area contributed by atoms with Crippen LogP contribution in [0.15, 0.2) is 27.0 Å². The van der Waals surface area contributed by atoms with Crippen molar-refractivity contribution in [3.8, 4) is 0 Å². The van der Waals surface area contributed by atoms with Gasteiger partial charge in [-0.3, -0.25) is 14.4 Å². The van der Waals surface area contributed by atoms with E-state index in [0.717, 1.165) is 17.8 Å². The summed E-state index contributed by atoms with van der Waals surface area (Å²) in [4.78, 5) is 44.1. The van der Waals surface area contributed by atoms with Crippen LogP contribution in [0.2, 0.25) is 0 Å². The van der Waals surface area contributed by atoms with Gasteiger partial charge >= 0.3 is 0 Å². The lowest BCUT2D eigenvalue weighted by molar-refractivity contribution is -0.260. The van der Waals surface area contributed by atoms with Crippen molar-refractivity contribution >= 4 is 46.8 Å². The summed E-state index contributed by atoms with van der Waals surface area (Å²) < 4.78 is 27.6. The number of fused-ring (bicyclic) bond motifs is 1. The van der Waals surface area contributed by atoms with E-state index in [1.54, 1.807) is 6.92 Å². The largest absolute Gasteiger partial charge is 0.367 e. The number of imide groups is 1. The minimum absolute atomic E-state index is 0.0302. The number of hydrogen-bond donors (Lipinski definition) is 2. The molecule has 2 N–H and O–H groups in total. The Bertz CT molecular complexity index is 860. The number of nitrogens with zero attached hydrogens (tertiary/aromatic N) is 2. The molecule has 12 heteroatoms. The van der Waals surface area contributed by atoms with Crippen molar-refractivity contribution in [3.63, 3.8) is 0 Å². The highest BCUT2D eigenvalue weighted by molar-refractivity contribution is 8.07. The van der Waals surface area contributed by atoms with Gasteiger partial charge in [-0.05, 0) is 6.92 Å². The third-order valence-corrected chi connectivity index (χ3v) is 7.36. The summed E-state index contributed by atoms with van der Waals surface area (Å²) in [6, 6.07) is 0. The fraction of sp³-hybridized carbons (Fsp3) is 0.500. The van der Waals surface area contributed by atoms with E-state index in [0.29, 0.717) is 20.9 Å². The normalized spacial score (nSPS) is 36.4. The van der Waals surface area contributed by atoms with Gasteiger partial charge in [0.2, 0.25) is 12.1 Å². The van der Waals surface area contributed by atoms with Crippen LogP contribution in [0.5, 0.6) is 0 Å². The molecular formula is C16H15F2N3O5S2. The number of halogens is 2. The lowest BCUT2D eigenvalue weighted by Crippen LogP contribution is -2.53. The standard InChI is InChI=1S/C16H15F2N3O5S2/c1-16(15(25)26-21-8(22)2-3-9(21)23)5-27-14(20-16)13-19-7-4-6(17)11(24)10(18)12(7)28-13/h4,10,12,15,20,25H,2-3,5H2,1H3. The first kappa shape index (κ1) is 19.6. The van der Waals surface area contributed by atoms with Gasteiger partial charge in [0.25, 0.3) is 11.8 Å². The molecule has 28 heavy (non-hydrogen) atoms. The highest BCUT2D eigenvalue weighted by atomic mass is 32.2. The Kier molecular flexibility index (Phi) is 4.84. The highest BCUT2D eigenvalue weighted by Crippen LogP contribution is 2.45. The number of hydrogen-bond acceptors (Lipinski definition) is 9. The maximum Gasteiger partial charge on any atom is 0.254 e. The zero-order valence-electron chi connectivity index (χ0n) is 14.5. The van der Waals surface area contributed by atoms with Crippen LogP contribution < -0.4 is 5.32 Å². The predicted octanol–water partition coefficient (Wildman–Crippen LogP) is 0.938. The van der Waals surface area contributed by atoms with Crippen LogP contribution in [-0.4, -0.2) is 62.5 Å². The molecule has 2 fully saturated rings. The molecule has 2 saturated heterocycles. The smallest absolute Gasteiger partial charge is 0.254 e. The molecule has 0 radical (unpaired) electrons. The fourth-order valence-electron chi connectivity index (χ4n) is 2.98. The van der Waals surface area contributed by atoms with Gasteiger partial charge in [0.1, 0.15) is 10.1 Å². The second-order valence-corrected chi connectivity index (χ2v) is 8.95. The van der Waals surface area contributed by atoms with Crippen LogP contribution in [0.4, 0.5) is 8.78 Å². The molecule has 4 atom stereocenters. The number of thioether (sulfide) groups is 2. The third-order valence-electron chi connectivity index (χ3n) is 4.65. The first-order valence-corrected chi connectivity index (χ1v) is 10.2. The summed E-state index contributed by atoms with van der Waals surface area (Å²) >= 11 is 2.27. The van der Waals surface area contributed by atoms with Crippen LogP contribution in [-0.2, 0) is 19.2 Å². The molecule has 8 nitrogen and oxygen atoms in total. The van der Waals surface area contributed by atoms with E-state index in [4.69, 9.17) is 4.84 Å². The maximum atomic E-state index is 14.1. The van der Waals surface area contributed by atoms with Gasteiger partial charge in [0, 0.05) is 24.7 Å². The first-order valence-electron chi connectivity index (χ1n) is 8.36. The van der Waals surface area contributed by atoms with Gasteiger partial charge in [-0.2, -0.15) is 5.06 Å². The van der Waals surface area contributed by atoms with Crippen molar-refractivity contribution in [2.45, 2.75) is 43.0 Å². The molecule has 4 unspecified atom stereocenters. The van der Waals surface area contributed by atoms with Crippen LogP contribution >= 0.6 is 23.5 Å². The van der Waals surface area contributed by atoms with Crippen molar-refractivity contribution < 1.29 is 33.1 Å². The highest BCUT2D eigenvalue weighted by Gasteiger charge is 2.47. The van der Waals surface area contributed by atoms with Crippen LogP contribution in [0.25, 0.3) is 0 Å². The van der Waals surface area contributed by atoms with Crippen molar-refractivity contribution in [2.75, 3.05) is 5.75 Å². The topological polar surface area (TPSA) is 108 Å². The number of carbonyl (C=O) groups excluding carboxylic acids is 3. The summed E-state index contributed by atoms with van der Waals surface area (Å²) in [6.07, 6.45) is -2.53. The lowest BCUT2D eigenvalue weighted by Gasteiger charge is -2.31. The number of carbonyl (C=O) groups is 3. The molecule has 0 aromatic carbocycles. The van der Waals surface area contributed by atoms with Crippen LogP contribution in [0, 0.1) is 0 Å². The van der Waals surface area contributed by atoms with Gasteiger partial charge in [0.05, 0.1) is 16.5 Å². The van der Waals surface area contributed by atoms with Gasteiger partial charge in [-0.1, -0.05) is 11.8 Å². The van der Waals surface area contributed by atoms with Crippen LogP contribution in [0.1, 0.15) is 19.8 Å². The number of aliphatic imine (C=N–C) groups is 1. The molecule has 3 heterocycles. The molecule has 0 aromatic heterocycles. The molecule has 3 aliphatic heterocycles. The lowest BCUT2D eigenvalue weighted by atomic mass is 10.0. The number of amides is 2. The Morgan fingerprint density at radius 2 is 2.07 bits per heavy atom. The Labute approximate surface area is 166 Å².